The minimum absolute atomic E-state index is 0.0298. The van der Waals surface area contributed by atoms with Crippen LogP contribution in [0.5, 0.6) is 0 Å². The zero-order chi connectivity index (χ0) is 15.1. The quantitative estimate of drug-likeness (QED) is 0.839. The maximum Gasteiger partial charge on any atom is 0.177 e. The van der Waals surface area contributed by atoms with Gasteiger partial charge in [0.2, 0.25) is 0 Å². The molecule has 1 saturated heterocycles. The Morgan fingerprint density at radius 3 is 2.67 bits per heavy atom. The second kappa shape index (κ2) is 5.61. The Morgan fingerprint density at radius 1 is 1.38 bits per heavy atom. The van der Waals surface area contributed by atoms with Crippen molar-refractivity contribution in [3.8, 4) is 0 Å². The van der Waals surface area contributed by atoms with Crippen molar-refractivity contribution in [1.29, 1.82) is 0 Å². The molecule has 5 heteroatoms. The number of Topliss-reactive ketones (excluding diaryl/α,β-unsaturated/α-hetero) is 1. The number of hydrogen-bond acceptors (Lipinski definition) is 5. The highest BCUT2D eigenvalue weighted by atomic mass is 32.1. The highest BCUT2D eigenvalue weighted by Crippen LogP contribution is 2.52. The Labute approximate surface area is 129 Å². The molecule has 1 aliphatic carbocycles. The smallest absolute Gasteiger partial charge is 0.177 e. The van der Waals surface area contributed by atoms with Crippen molar-refractivity contribution in [2.24, 2.45) is 5.92 Å². The van der Waals surface area contributed by atoms with E-state index in [1.54, 1.807) is 0 Å². The van der Waals surface area contributed by atoms with Gasteiger partial charge in [-0.05, 0) is 31.6 Å². The van der Waals surface area contributed by atoms with E-state index in [-0.39, 0.29) is 17.8 Å². The van der Waals surface area contributed by atoms with Crippen molar-refractivity contribution in [3.63, 3.8) is 0 Å². The van der Waals surface area contributed by atoms with Crippen LogP contribution >= 0.6 is 11.3 Å². The largest absolute Gasteiger partial charge is 0.397 e. The average molecular weight is 308 g/mol. The van der Waals surface area contributed by atoms with Crippen molar-refractivity contribution in [2.75, 3.05) is 23.7 Å². The number of piperidine rings is 1. The van der Waals surface area contributed by atoms with Gasteiger partial charge < -0.3 is 15.7 Å². The maximum atomic E-state index is 12.4. The van der Waals surface area contributed by atoms with E-state index in [9.17, 15) is 9.90 Å². The first-order chi connectivity index (χ1) is 9.99. The molecule has 1 aromatic rings. The third-order valence-corrected chi connectivity index (χ3v) is 5.68. The van der Waals surface area contributed by atoms with E-state index >= 15 is 0 Å². The number of rotatable bonds is 4. The molecule has 116 valence electrons. The minimum atomic E-state index is -0.265. The van der Waals surface area contributed by atoms with Gasteiger partial charge in [-0.15, -0.1) is 11.3 Å². The summed E-state index contributed by atoms with van der Waals surface area (Å²) in [6.07, 6.45) is 3.93. The van der Waals surface area contributed by atoms with Crippen LogP contribution in [0.1, 0.15) is 60.7 Å². The molecular weight excluding hydrogens is 284 g/mol. The average Bonchev–Trinajstić information content (AvgIpc) is 3.21. The standard InChI is InChI=1S/C16H24N2O2S/c1-9(2)14(20)15-13(17)12(10-5-6-10)16(21-15)18-7-3-4-11(19)8-18/h9-11,19H,3-8,17H2,1-2H3. The number of aliphatic hydroxyl groups is 1. The van der Waals surface area contributed by atoms with Gasteiger partial charge in [-0.2, -0.15) is 0 Å². The predicted molar refractivity (Wildman–Crippen MR) is 87.3 cm³/mol. The fraction of sp³-hybridized carbons (Fsp3) is 0.688. The van der Waals surface area contributed by atoms with Gasteiger partial charge in [0.1, 0.15) is 0 Å². The topological polar surface area (TPSA) is 66.6 Å². The molecule has 0 radical (unpaired) electrons. The molecular formula is C16H24N2O2S. The summed E-state index contributed by atoms with van der Waals surface area (Å²) < 4.78 is 0. The number of nitrogens with zero attached hydrogens (tertiary/aromatic N) is 1. The normalized spacial score (nSPS) is 22.9. The molecule has 0 aromatic carbocycles. The van der Waals surface area contributed by atoms with Crippen molar-refractivity contribution < 1.29 is 9.90 Å². The number of thiophene rings is 1. The van der Waals surface area contributed by atoms with E-state index < -0.39 is 0 Å². The molecule has 3 N–H and O–H groups in total. The Balaban J connectivity index is 1.98. The first kappa shape index (κ1) is 14.9. The molecule has 4 nitrogen and oxygen atoms in total. The molecule has 1 unspecified atom stereocenters. The van der Waals surface area contributed by atoms with Gasteiger partial charge in [-0.25, -0.2) is 0 Å². The second-order valence-electron chi connectivity index (χ2n) is 6.60. The summed E-state index contributed by atoms with van der Waals surface area (Å²) >= 11 is 1.54. The van der Waals surface area contributed by atoms with Gasteiger partial charge in [0.15, 0.2) is 5.78 Å². The highest BCUT2D eigenvalue weighted by Gasteiger charge is 2.35. The number of anilines is 2. The summed E-state index contributed by atoms with van der Waals surface area (Å²) in [5, 5.41) is 11.1. The molecule has 1 saturated carbocycles. The van der Waals surface area contributed by atoms with Crippen LogP contribution in [-0.4, -0.2) is 30.1 Å². The van der Waals surface area contributed by atoms with Gasteiger partial charge in [-0.1, -0.05) is 13.8 Å². The van der Waals surface area contributed by atoms with E-state index in [0.717, 1.165) is 29.3 Å². The number of carbonyl (C=O) groups excluding carboxylic acids is 1. The van der Waals surface area contributed by atoms with Crippen molar-refractivity contribution >= 4 is 27.8 Å². The van der Waals surface area contributed by atoms with Crippen LogP contribution in [0, 0.1) is 5.92 Å². The molecule has 0 amide bonds. The SMILES string of the molecule is CC(C)C(=O)c1sc(N2CCCC(O)C2)c(C2CC2)c1N. The Kier molecular flexibility index (Phi) is 3.97. The number of ketones is 1. The zero-order valence-corrected chi connectivity index (χ0v) is 13.6. The summed E-state index contributed by atoms with van der Waals surface area (Å²) in [4.78, 5) is 15.3. The molecule has 2 heterocycles. The van der Waals surface area contributed by atoms with E-state index in [4.69, 9.17) is 5.73 Å². The lowest BCUT2D eigenvalue weighted by Crippen LogP contribution is -2.38. The summed E-state index contributed by atoms with van der Waals surface area (Å²) in [6, 6.07) is 0. The zero-order valence-electron chi connectivity index (χ0n) is 12.8. The molecule has 21 heavy (non-hydrogen) atoms. The summed E-state index contributed by atoms with van der Waals surface area (Å²) in [7, 11) is 0. The van der Waals surface area contributed by atoms with Crippen LogP contribution in [-0.2, 0) is 0 Å². The van der Waals surface area contributed by atoms with Gasteiger partial charge >= 0.3 is 0 Å². The Bertz CT molecular complexity index is 549. The first-order valence-electron chi connectivity index (χ1n) is 7.88. The highest BCUT2D eigenvalue weighted by molar-refractivity contribution is 7.19. The molecule has 1 atom stereocenters. The van der Waals surface area contributed by atoms with Gasteiger partial charge in [0, 0.05) is 24.6 Å². The lowest BCUT2D eigenvalue weighted by atomic mass is 10.0. The van der Waals surface area contributed by atoms with Crippen LogP contribution in [0.15, 0.2) is 0 Å². The Hall–Kier alpha value is -1.07. The summed E-state index contributed by atoms with van der Waals surface area (Å²) in [5.74, 6) is 0.630. The van der Waals surface area contributed by atoms with Gasteiger partial charge in [0.25, 0.3) is 0 Å². The van der Waals surface area contributed by atoms with E-state index in [1.165, 1.54) is 29.7 Å². The lowest BCUT2D eigenvalue weighted by Gasteiger charge is -2.31. The summed E-state index contributed by atoms with van der Waals surface area (Å²) in [5.41, 5.74) is 8.21. The molecule has 0 bridgehead atoms. The molecule has 1 aromatic heterocycles. The molecule has 3 rings (SSSR count). The van der Waals surface area contributed by atoms with E-state index in [1.807, 2.05) is 13.8 Å². The molecule has 1 aliphatic heterocycles. The monoisotopic (exact) mass is 308 g/mol. The minimum Gasteiger partial charge on any atom is -0.397 e. The maximum absolute atomic E-state index is 12.4. The van der Waals surface area contributed by atoms with Crippen LogP contribution in [0.25, 0.3) is 0 Å². The first-order valence-corrected chi connectivity index (χ1v) is 8.70. The van der Waals surface area contributed by atoms with Crippen LogP contribution in [0.3, 0.4) is 0 Å². The summed E-state index contributed by atoms with van der Waals surface area (Å²) in [6.45, 7) is 5.45. The lowest BCUT2D eigenvalue weighted by molar-refractivity contribution is 0.0944. The van der Waals surface area contributed by atoms with Crippen molar-refractivity contribution in [2.45, 2.75) is 51.6 Å². The fourth-order valence-electron chi connectivity index (χ4n) is 3.03. The number of nitrogen functional groups attached to an aromatic ring is 1. The number of carbonyl (C=O) groups is 1. The van der Waals surface area contributed by atoms with Crippen molar-refractivity contribution in [3.05, 3.63) is 10.4 Å². The van der Waals surface area contributed by atoms with Gasteiger partial charge in [0.05, 0.1) is 21.7 Å². The molecule has 2 fully saturated rings. The fourth-order valence-corrected chi connectivity index (χ4v) is 4.46. The molecule has 0 spiro atoms. The number of nitrogens with two attached hydrogens (primary N) is 1. The number of hydrogen-bond donors (Lipinski definition) is 2. The number of aliphatic hydroxyl groups excluding tert-OH is 1. The molecule has 2 aliphatic rings. The van der Waals surface area contributed by atoms with E-state index in [0.29, 0.717) is 18.2 Å². The van der Waals surface area contributed by atoms with Gasteiger partial charge in [-0.3, -0.25) is 4.79 Å². The Morgan fingerprint density at radius 2 is 2.10 bits per heavy atom. The number of β-amino-alcohol motifs (C(OH)–C–C–N with tert-alkyl or cyclic N) is 1. The van der Waals surface area contributed by atoms with E-state index in [2.05, 4.69) is 4.90 Å². The van der Waals surface area contributed by atoms with Crippen LogP contribution in [0.4, 0.5) is 10.7 Å². The second-order valence-corrected chi connectivity index (χ2v) is 7.60. The van der Waals surface area contributed by atoms with Crippen LogP contribution < -0.4 is 10.6 Å². The predicted octanol–water partition coefficient (Wildman–Crippen LogP) is 3.01. The van der Waals surface area contributed by atoms with Crippen molar-refractivity contribution in [1.82, 2.24) is 0 Å². The van der Waals surface area contributed by atoms with Crippen LogP contribution in [0.2, 0.25) is 0 Å². The third kappa shape index (κ3) is 2.81. The third-order valence-electron chi connectivity index (χ3n) is 4.38.